The van der Waals surface area contributed by atoms with Crippen LogP contribution in [-0.4, -0.2) is 23.3 Å². The van der Waals surface area contributed by atoms with Gasteiger partial charge in [0.05, 0.1) is 4.92 Å². The molecule has 0 radical (unpaired) electrons. The minimum absolute atomic E-state index is 0.0747. The van der Waals surface area contributed by atoms with Crippen LogP contribution in [0.3, 0.4) is 0 Å². The molecule has 0 aliphatic carbocycles. The van der Waals surface area contributed by atoms with Crippen molar-refractivity contribution >= 4 is 17.8 Å². The van der Waals surface area contributed by atoms with Gasteiger partial charge in [0, 0.05) is 26.0 Å². The molecule has 8 nitrogen and oxygen atoms in total. The van der Waals surface area contributed by atoms with Crippen LogP contribution in [0.25, 0.3) is 0 Å². The van der Waals surface area contributed by atoms with E-state index in [0.29, 0.717) is 0 Å². The first kappa shape index (κ1) is 14.4. The summed E-state index contributed by atoms with van der Waals surface area (Å²) in [5.74, 6) is -0.527. The molecule has 0 N–H and O–H groups in total. The normalized spacial score (nSPS) is 11.3. The second-order valence-corrected chi connectivity index (χ2v) is 3.40. The minimum atomic E-state index is -1.08. The van der Waals surface area contributed by atoms with E-state index in [1.807, 2.05) is 0 Å². The number of hydrogen-bond acceptors (Lipinski definition) is 7. The summed E-state index contributed by atoms with van der Waals surface area (Å²) in [7, 11) is 0. The van der Waals surface area contributed by atoms with Crippen molar-refractivity contribution < 1.29 is 28.7 Å². The molecule has 8 heteroatoms. The molecular formula is C11H11NO7. The Bertz CT molecular complexity index is 482. The van der Waals surface area contributed by atoms with Crippen LogP contribution in [0.1, 0.15) is 13.8 Å². The van der Waals surface area contributed by atoms with E-state index in [0.717, 1.165) is 0 Å². The molecule has 0 amide bonds. The molecule has 0 unspecified atom stereocenters. The van der Waals surface area contributed by atoms with E-state index in [4.69, 9.17) is 4.74 Å². The molecule has 0 spiro atoms. The maximum absolute atomic E-state index is 11.3. The van der Waals surface area contributed by atoms with Crippen molar-refractivity contribution in [2.45, 2.75) is 20.1 Å². The zero-order chi connectivity index (χ0) is 14.4. The number of benzene rings is 1. The van der Waals surface area contributed by atoms with Crippen molar-refractivity contribution in [2.24, 2.45) is 0 Å². The zero-order valence-electron chi connectivity index (χ0n) is 10.2. The molecule has 1 aromatic rings. The monoisotopic (exact) mass is 269 g/mol. The number of hydrogen-bond donors (Lipinski definition) is 0. The Kier molecular flexibility index (Phi) is 4.81. The van der Waals surface area contributed by atoms with Gasteiger partial charge in [-0.25, -0.2) is 4.79 Å². The topological polar surface area (TPSA) is 105 Å². The summed E-state index contributed by atoms with van der Waals surface area (Å²) in [6, 6.07) is 4.85. The Morgan fingerprint density at radius 1 is 1.21 bits per heavy atom. The smallest absolute Gasteiger partial charge is 0.426 e. The van der Waals surface area contributed by atoms with Gasteiger partial charge in [-0.1, -0.05) is 0 Å². The van der Waals surface area contributed by atoms with E-state index in [2.05, 4.69) is 9.47 Å². The number of nitro groups is 1. The standard InChI is InChI=1S/C11H11NO7/c1-7(13)17-8(2)18-11(14)19-10-5-3-9(4-6-10)12(15)16/h3-6,8H,1-2H3/t8-/m1/s1. The lowest BCUT2D eigenvalue weighted by atomic mass is 10.3. The van der Waals surface area contributed by atoms with Gasteiger partial charge in [0.15, 0.2) is 0 Å². The molecule has 0 saturated heterocycles. The van der Waals surface area contributed by atoms with Crippen LogP contribution in [0.2, 0.25) is 0 Å². The highest BCUT2D eigenvalue weighted by Crippen LogP contribution is 2.17. The third-order valence-electron chi connectivity index (χ3n) is 1.84. The average molecular weight is 269 g/mol. The van der Waals surface area contributed by atoms with E-state index in [-0.39, 0.29) is 11.4 Å². The second-order valence-electron chi connectivity index (χ2n) is 3.40. The van der Waals surface area contributed by atoms with Crippen LogP contribution >= 0.6 is 0 Å². The fourth-order valence-corrected chi connectivity index (χ4v) is 1.15. The highest BCUT2D eigenvalue weighted by Gasteiger charge is 2.14. The lowest BCUT2D eigenvalue weighted by Gasteiger charge is -2.12. The first-order chi connectivity index (χ1) is 8.88. The lowest BCUT2D eigenvalue weighted by Crippen LogP contribution is -2.22. The SMILES string of the molecule is CC(=O)O[C@@H](C)OC(=O)Oc1ccc([N+](=O)[O-])cc1. The molecule has 1 aromatic carbocycles. The summed E-state index contributed by atoms with van der Waals surface area (Å²) in [4.78, 5) is 31.7. The average Bonchev–Trinajstić information content (AvgIpc) is 2.27. The van der Waals surface area contributed by atoms with Gasteiger partial charge in [0.2, 0.25) is 6.29 Å². The molecule has 19 heavy (non-hydrogen) atoms. The Balaban J connectivity index is 2.52. The summed E-state index contributed by atoms with van der Waals surface area (Å²) in [6.45, 7) is 2.51. The number of nitro benzene ring substituents is 1. The number of ether oxygens (including phenoxy) is 3. The molecule has 102 valence electrons. The van der Waals surface area contributed by atoms with E-state index in [1.165, 1.54) is 38.1 Å². The van der Waals surface area contributed by atoms with E-state index < -0.39 is 23.3 Å². The lowest BCUT2D eigenvalue weighted by molar-refractivity contribution is -0.384. The van der Waals surface area contributed by atoms with Crippen molar-refractivity contribution in [1.82, 2.24) is 0 Å². The molecule has 0 heterocycles. The van der Waals surface area contributed by atoms with Crippen LogP contribution in [0.5, 0.6) is 5.75 Å². The predicted octanol–water partition coefficient (Wildman–Crippen LogP) is 2.02. The molecule has 0 fully saturated rings. The number of carbonyl (C=O) groups excluding carboxylic acids is 2. The summed E-state index contributed by atoms with van der Waals surface area (Å²) in [5.41, 5.74) is -0.131. The molecule has 1 atom stereocenters. The van der Waals surface area contributed by atoms with Crippen molar-refractivity contribution in [3.05, 3.63) is 34.4 Å². The Morgan fingerprint density at radius 2 is 1.79 bits per heavy atom. The predicted molar refractivity (Wildman–Crippen MR) is 61.4 cm³/mol. The zero-order valence-corrected chi connectivity index (χ0v) is 10.2. The summed E-state index contributed by atoms with van der Waals surface area (Å²) < 4.78 is 13.9. The third kappa shape index (κ3) is 5.02. The number of esters is 1. The molecule has 0 aromatic heterocycles. The van der Waals surface area contributed by atoms with Crippen molar-refractivity contribution in [3.8, 4) is 5.75 Å². The number of rotatable bonds is 4. The molecule has 0 bridgehead atoms. The van der Waals surface area contributed by atoms with Crippen molar-refractivity contribution in [2.75, 3.05) is 0 Å². The highest BCUT2D eigenvalue weighted by atomic mass is 16.8. The van der Waals surface area contributed by atoms with Gasteiger partial charge in [-0.15, -0.1) is 0 Å². The van der Waals surface area contributed by atoms with Crippen molar-refractivity contribution in [3.63, 3.8) is 0 Å². The molecule has 0 saturated carbocycles. The first-order valence-corrected chi connectivity index (χ1v) is 5.18. The van der Waals surface area contributed by atoms with E-state index in [1.54, 1.807) is 0 Å². The second kappa shape index (κ2) is 6.34. The van der Waals surface area contributed by atoms with Gasteiger partial charge in [-0.2, -0.15) is 0 Å². The maximum Gasteiger partial charge on any atom is 0.516 e. The molecule has 1 rings (SSSR count). The first-order valence-electron chi connectivity index (χ1n) is 5.18. The van der Waals surface area contributed by atoms with E-state index >= 15 is 0 Å². The van der Waals surface area contributed by atoms with Crippen molar-refractivity contribution in [1.29, 1.82) is 0 Å². The summed E-state index contributed by atoms with van der Waals surface area (Å²) in [5, 5.41) is 10.4. The van der Waals surface area contributed by atoms with Gasteiger partial charge < -0.3 is 14.2 Å². The molecular weight excluding hydrogens is 258 g/mol. The largest absolute Gasteiger partial charge is 0.516 e. The van der Waals surface area contributed by atoms with Crippen LogP contribution in [-0.2, 0) is 14.3 Å². The van der Waals surface area contributed by atoms with Crippen LogP contribution in [0, 0.1) is 10.1 Å². The number of non-ortho nitro benzene ring substituents is 1. The van der Waals surface area contributed by atoms with E-state index in [9.17, 15) is 19.7 Å². The van der Waals surface area contributed by atoms with Gasteiger partial charge >= 0.3 is 12.1 Å². The third-order valence-corrected chi connectivity index (χ3v) is 1.84. The number of carbonyl (C=O) groups is 2. The van der Waals surface area contributed by atoms with Gasteiger partial charge in [0.1, 0.15) is 5.75 Å². The fraction of sp³-hybridized carbons (Fsp3) is 0.273. The van der Waals surface area contributed by atoms with Crippen LogP contribution in [0.4, 0.5) is 10.5 Å². The summed E-state index contributed by atoms with van der Waals surface area (Å²) in [6.07, 6.45) is -2.16. The maximum atomic E-state index is 11.3. The fourth-order valence-electron chi connectivity index (χ4n) is 1.15. The Labute approximate surface area is 108 Å². The van der Waals surface area contributed by atoms with Crippen LogP contribution < -0.4 is 4.74 Å². The highest BCUT2D eigenvalue weighted by molar-refractivity contribution is 5.67. The molecule has 0 aliphatic rings. The Morgan fingerprint density at radius 3 is 2.26 bits per heavy atom. The molecule has 0 aliphatic heterocycles. The quantitative estimate of drug-likeness (QED) is 0.270. The van der Waals surface area contributed by atoms with Gasteiger partial charge in [-0.05, 0) is 12.1 Å². The summed E-state index contributed by atoms with van der Waals surface area (Å²) >= 11 is 0. The minimum Gasteiger partial charge on any atom is -0.426 e. The van der Waals surface area contributed by atoms with Gasteiger partial charge in [-0.3, -0.25) is 14.9 Å². The van der Waals surface area contributed by atoms with Gasteiger partial charge in [0.25, 0.3) is 5.69 Å². The van der Waals surface area contributed by atoms with Crippen LogP contribution in [0.15, 0.2) is 24.3 Å². The Hall–Kier alpha value is -2.64. The number of nitrogens with zero attached hydrogens (tertiary/aromatic N) is 1.